The maximum atomic E-state index is 13.5. The second-order valence-corrected chi connectivity index (χ2v) is 13.5. The number of methoxy groups -OCH3 is 2. The van der Waals surface area contributed by atoms with Crippen LogP contribution in [0.25, 0.3) is 33.6 Å². The summed E-state index contributed by atoms with van der Waals surface area (Å²) in [4.78, 5) is 67.4. The fourth-order valence-electron chi connectivity index (χ4n) is 6.43. The zero-order chi connectivity index (χ0) is 36.3. The van der Waals surface area contributed by atoms with Gasteiger partial charge >= 0.3 is 12.2 Å². The van der Waals surface area contributed by atoms with E-state index in [4.69, 9.17) is 4.74 Å². The first-order chi connectivity index (χ1) is 24.5. The second kappa shape index (κ2) is 14.7. The molecule has 3 heterocycles. The van der Waals surface area contributed by atoms with Gasteiger partial charge in [0, 0.05) is 6.54 Å². The minimum atomic E-state index is -0.745. The largest absolute Gasteiger partial charge is 0.453 e. The number of nitrogens with zero attached hydrogens (tertiary/aromatic N) is 3. The fraction of sp³-hybridized carbons (Fsp3) is 0.405. The number of amides is 4. The first-order valence-electron chi connectivity index (χ1n) is 17.1. The Balaban J connectivity index is 1.09. The molecule has 0 unspecified atom stereocenters. The van der Waals surface area contributed by atoms with Gasteiger partial charge in [-0.25, -0.2) is 19.6 Å². The Morgan fingerprint density at radius 2 is 1.35 bits per heavy atom. The van der Waals surface area contributed by atoms with E-state index < -0.39 is 29.8 Å². The van der Waals surface area contributed by atoms with Gasteiger partial charge in [-0.05, 0) is 60.8 Å². The summed E-state index contributed by atoms with van der Waals surface area (Å²) < 4.78 is 9.33. The second-order valence-electron chi connectivity index (χ2n) is 13.5. The van der Waals surface area contributed by atoms with Crippen molar-refractivity contribution in [3.63, 3.8) is 0 Å². The molecule has 4 aromatic rings. The van der Waals surface area contributed by atoms with Crippen LogP contribution in [0.2, 0.25) is 0 Å². The van der Waals surface area contributed by atoms with Gasteiger partial charge < -0.3 is 40.3 Å². The number of imidazole rings is 2. The summed E-state index contributed by atoms with van der Waals surface area (Å²) in [6.45, 7) is 5.99. The van der Waals surface area contributed by atoms with E-state index in [0.717, 1.165) is 65.1 Å². The van der Waals surface area contributed by atoms with Crippen LogP contribution in [0.5, 0.6) is 0 Å². The van der Waals surface area contributed by atoms with Crippen LogP contribution in [0.3, 0.4) is 0 Å². The number of aromatic nitrogens is 4. The molecule has 0 bridgehead atoms. The molecule has 14 heteroatoms. The van der Waals surface area contributed by atoms with Gasteiger partial charge in [0.2, 0.25) is 11.8 Å². The average Bonchev–Trinajstić information content (AvgIpc) is 3.55. The lowest BCUT2D eigenvalue weighted by Crippen LogP contribution is -2.51. The number of carbonyl (C=O) groups is 4. The van der Waals surface area contributed by atoms with Crippen LogP contribution in [0, 0.1) is 5.92 Å². The molecule has 1 saturated heterocycles. The van der Waals surface area contributed by atoms with Crippen LogP contribution >= 0.6 is 0 Å². The quantitative estimate of drug-likeness (QED) is 0.145. The van der Waals surface area contributed by atoms with Gasteiger partial charge in [0.05, 0.1) is 49.6 Å². The number of aromatic amines is 2. The number of nitrogens with one attached hydrogen (secondary N) is 5. The van der Waals surface area contributed by atoms with Crippen molar-refractivity contribution in [2.24, 2.45) is 5.92 Å². The van der Waals surface area contributed by atoms with Gasteiger partial charge in [-0.15, -0.1) is 0 Å². The van der Waals surface area contributed by atoms with Crippen LogP contribution in [0.1, 0.15) is 64.1 Å². The number of ether oxygens (including phenoxy) is 2. The highest BCUT2D eigenvalue weighted by Crippen LogP contribution is 2.44. The van der Waals surface area contributed by atoms with Gasteiger partial charge in [0.15, 0.2) is 0 Å². The van der Waals surface area contributed by atoms with Crippen LogP contribution < -0.4 is 16.0 Å². The van der Waals surface area contributed by atoms with Gasteiger partial charge in [0.1, 0.15) is 23.7 Å². The molecule has 1 aliphatic heterocycles. The Morgan fingerprint density at radius 3 is 1.92 bits per heavy atom. The first-order valence-corrected chi connectivity index (χ1v) is 17.1. The van der Waals surface area contributed by atoms with Crippen molar-refractivity contribution in [3.05, 3.63) is 72.6 Å². The predicted octanol–water partition coefficient (Wildman–Crippen LogP) is 5.03. The third kappa shape index (κ3) is 7.59. The Bertz CT molecular complexity index is 1880. The number of likely N-dealkylation sites (tertiary alicyclic amines) is 1. The molecule has 4 amide bonds. The molecule has 14 nitrogen and oxygen atoms in total. The third-order valence-electron chi connectivity index (χ3n) is 9.62. The fourth-order valence-corrected chi connectivity index (χ4v) is 6.43. The number of benzene rings is 2. The lowest BCUT2D eigenvalue weighted by atomic mass is 10.0. The Kier molecular flexibility index (Phi) is 10.1. The molecule has 1 saturated carbocycles. The van der Waals surface area contributed by atoms with Crippen LogP contribution in [-0.2, 0) is 24.6 Å². The molecule has 3 atom stereocenters. The molecular formula is C37H44N8O6. The standard InChI is InChI=1S/C37H44N8O6/c1-21(2)30(43-36(49)51-5)33(47)45-18-6-7-29(45)31-38-19-27(41-31)25-12-8-23(9-13-25)24-10-14-26(15-11-24)28-20-39-34(42-28)37(16-17-37)44-32(46)22(3)40-35(48)50-4/h8-15,19-22,29-30H,6-7,16-18H2,1-5H3,(H,38,41)(H,39,42)(H,40,48)(H,43,49)(H,44,46)/t22-,29-,30-/m0/s1. The predicted molar refractivity (Wildman–Crippen MR) is 189 cm³/mol. The number of rotatable bonds is 11. The molecular weight excluding hydrogens is 652 g/mol. The minimum Gasteiger partial charge on any atom is -0.453 e. The van der Waals surface area contributed by atoms with Gasteiger partial charge in [-0.2, -0.15) is 0 Å². The molecule has 0 radical (unpaired) electrons. The highest BCUT2D eigenvalue weighted by molar-refractivity contribution is 5.87. The summed E-state index contributed by atoms with van der Waals surface area (Å²) >= 11 is 0. The number of H-pyrrole nitrogens is 2. The third-order valence-corrected chi connectivity index (χ3v) is 9.62. The van der Waals surface area contributed by atoms with Crippen LogP contribution in [-0.4, -0.2) is 81.7 Å². The van der Waals surface area contributed by atoms with Crippen molar-refractivity contribution < 1.29 is 28.7 Å². The van der Waals surface area contributed by atoms with Gasteiger partial charge in [0.25, 0.3) is 0 Å². The smallest absolute Gasteiger partial charge is 0.407 e. The first kappa shape index (κ1) is 35.2. The monoisotopic (exact) mass is 696 g/mol. The van der Waals surface area contributed by atoms with Crippen molar-refractivity contribution in [2.45, 2.75) is 70.1 Å². The van der Waals surface area contributed by atoms with E-state index in [-0.39, 0.29) is 23.8 Å². The topological polar surface area (TPSA) is 183 Å². The lowest BCUT2D eigenvalue weighted by Gasteiger charge is -2.30. The Morgan fingerprint density at radius 1 is 0.804 bits per heavy atom. The van der Waals surface area contributed by atoms with Crippen LogP contribution in [0.15, 0.2) is 60.9 Å². The number of hydrogen-bond acceptors (Lipinski definition) is 8. The molecule has 2 fully saturated rings. The average molecular weight is 697 g/mol. The molecule has 2 aromatic heterocycles. The van der Waals surface area contributed by atoms with Crippen molar-refractivity contribution in [3.8, 4) is 33.6 Å². The van der Waals surface area contributed by atoms with Crippen molar-refractivity contribution in [2.75, 3.05) is 20.8 Å². The summed E-state index contributed by atoms with van der Waals surface area (Å²) in [5, 5.41) is 8.19. The molecule has 0 spiro atoms. The molecule has 6 rings (SSSR count). The summed E-state index contributed by atoms with van der Waals surface area (Å²) in [6.07, 6.45) is 5.40. The summed E-state index contributed by atoms with van der Waals surface area (Å²) in [5.41, 5.74) is 5.15. The van der Waals surface area contributed by atoms with E-state index in [1.165, 1.54) is 14.2 Å². The Hall–Kier alpha value is -5.66. The van der Waals surface area contributed by atoms with E-state index in [1.54, 1.807) is 24.2 Å². The molecule has 1 aliphatic carbocycles. The number of alkyl carbamates (subject to hydrolysis) is 2. The zero-order valence-corrected chi connectivity index (χ0v) is 29.4. The molecule has 5 N–H and O–H groups in total. The van der Waals surface area contributed by atoms with E-state index in [0.29, 0.717) is 12.4 Å². The van der Waals surface area contributed by atoms with E-state index in [2.05, 4.69) is 64.9 Å². The SMILES string of the molecule is COC(=O)N[C@@H](C)C(=O)NC1(c2ncc(-c3ccc(-c4ccc(-c5cnc([C@@H]6CCCN6C(=O)[C@@H](NC(=O)OC)C(C)C)[nH]5)cc4)cc3)[nH]2)CC1. The highest BCUT2D eigenvalue weighted by atomic mass is 16.5. The van der Waals surface area contributed by atoms with Crippen molar-refractivity contribution in [1.29, 1.82) is 0 Å². The lowest BCUT2D eigenvalue weighted by molar-refractivity contribution is -0.135. The summed E-state index contributed by atoms with van der Waals surface area (Å²) in [5.74, 6) is 0.847. The molecule has 2 aliphatic rings. The van der Waals surface area contributed by atoms with Crippen molar-refractivity contribution in [1.82, 2.24) is 40.8 Å². The zero-order valence-electron chi connectivity index (χ0n) is 29.4. The summed E-state index contributed by atoms with van der Waals surface area (Å²) in [6, 6.07) is 14.7. The van der Waals surface area contributed by atoms with Gasteiger partial charge in [-0.3, -0.25) is 9.59 Å². The van der Waals surface area contributed by atoms with E-state index in [9.17, 15) is 19.2 Å². The number of hydrogen-bond donors (Lipinski definition) is 5. The minimum absolute atomic E-state index is 0.104. The molecule has 2 aromatic carbocycles. The number of carbonyl (C=O) groups excluding carboxylic acids is 4. The van der Waals surface area contributed by atoms with Gasteiger partial charge in [-0.1, -0.05) is 62.4 Å². The highest BCUT2D eigenvalue weighted by Gasteiger charge is 2.49. The normalized spacial score (nSPS) is 17.4. The maximum Gasteiger partial charge on any atom is 0.407 e. The van der Waals surface area contributed by atoms with Crippen molar-refractivity contribution >= 4 is 24.0 Å². The summed E-state index contributed by atoms with van der Waals surface area (Å²) in [7, 11) is 2.54. The maximum absolute atomic E-state index is 13.5. The Labute approximate surface area is 296 Å². The molecule has 51 heavy (non-hydrogen) atoms. The van der Waals surface area contributed by atoms with E-state index in [1.807, 2.05) is 38.1 Å². The molecule has 268 valence electrons. The van der Waals surface area contributed by atoms with E-state index >= 15 is 0 Å². The van der Waals surface area contributed by atoms with Crippen LogP contribution in [0.4, 0.5) is 9.59 Å².